The number of hydrogen-bond donors (Lipinski definition) is 1. The predicted octanol–water partition coefficient (Wildman–Crippen LogP) is 4.58. The number of nitrogens with one attached hydrogen (secondary N) is 1. The molecule has 8 heteroatoms. The molecule has 1 unspecified atom stereocenters. The second kappa shape index (κ2) is 13.7. The van der Waals surface area contributed by atoms with Crippen LogP contribution in [-0.4, -0.2) is 66.9 Å². The third-order valence-corrected chi connectivity index (χ3v) is 8.37. The molecule has 1 saturated heterocycles. The minimum absolute atomic E-state index is 0.0553. The SMILES string of the molecule is COC(=O)c1ccc(C(C(=O)NC2CCCCC2)N(CCN2CCCCC2)C(=O)Cc2cccs2)cc1. The van der Waals surface area contributed by atoms with Crippen LogP contribution in [0.3, 0.4) is 0 Å². The van der Waals surface area contributed by atoms with Crippen LogP contribution >= 0.6 is 11.3 Å². The Bertz CT molecular complexity index is 1010. The summed E-state index contributed by atoms with van der Waals surface area (Å²) < 4.78 is 4.85. The highest BCUT2D eigenvalue weighted by Gasteiger charge is 2.33. The van der Waals surface area contributed by atoms with Crippen molar-refractivity contribution in [2.75, 3.05) is 33.3 Å². The molecule has 2 aromatic rings. The second-order valence-corrected chi connectivity index (χ2v) is 11.1. The first-order valence-corrected chi connectivity index (χ1v) is 14.5. The lowest BCUT2D eigenvalue weighted by Crippen LogP contribution is -2.49. The summed E-state index contributed by atoms with van der Waals surface area (Å²) >= 11 is 1.56. The molecule has 4 rings (SSSR count). The maximum atomic E-state index is 13.9. The molecule has 1 aromatic heterocycles. The van der Waals surface area contributed by atoms with Crippen molar-refractivity contribution in [3.63, 3.8) is 0 Å². The monoisotopic (exact) mass is 525 g/mol. The zero-order valence-electron chi connectivity index (χ0n) is 21.8. The Kier molecular flexibility index (Phi) is 10.1. The summed E-state index contributed by atoms with van der Waals surface area (Å²) in [6.07, 6.45) is 9.22. The number of hydrogen-bond acceptors (Lipinski definition) is 6. The zero-order chi connectivity index (χ0) is 26.0. The Balaban J connectivity index is 1.62. The molecule has 1 aliphatic heterocycles. The lowest BCUT2D eigenvalue weighted by Gasteiger charge is -2.35. The molecule has 2 aliphatic rings. The summed E-state index contributed by atoms with van der Waals surface area (Å²) in [6, 6.07) is 10.2. The molecule has 0 bridgehead atoms. The third kappa shape index (κ3) is 7.65. The van der Waals surface area contributed by atoms with Crippen LogP contribution in [0.25, 0.3) is 0 Å². The van der Waals surface area contributed by atoms with Crippen molar-refractivity contribution in [3.05, 3.63) is 57.8 Å². The van der Waals surface area contributed by atoms with Crippen LogP contribution in [0.15, 0.2) is 41.8 Å². The Morgan fingerprint density at radius 3 is 2.38 bits per heavy atom. The van der Waals surface area contributed by atoms with Gasteiger partial charge in [0.25, 0.3) is 0 Å². The molecule has 0 spiro atoms. The van der Waals surface area contributed by atoms with Crippen molar-refractivity contribution in [1.82, 2.24) is 15.1 Å². The van der Waals surface area contributed by atoms with Gasteiger partial charge in [0.2, 0.25) is 11.8 Å². The van der Waals surface area contributed by atoms with E-state index >= 15 is 0 Å². The van der Waals surface area contributed by atoms with Gasteiger partial charge in [-0.1, -0.05) is 43.9 Å². The Labute approximate surface area is 224 Å². The van der Waals surface area contributed by atoms with Crippen LogP contribution in [0.5, 0.6) is 0 Å². The average Bonchev–Trinajstić information content (AvgIpc) is 3.44. The fourth-order valence-electron chi connectivity index (χ4n) is 5.41. The smallest absolute Gasteiger partial charge is 0.337 e. The van der Waals surface area contributed by atoms with Gasteiger partial charge in [-0.05, 0) is 67.9 Å². The fourth-order valence-corrected chi connectivity index (χ4v) is 6.11. The van der Waals surface area contributed by atoms with Crippen molar-refractivity contribution < 1.29 is 19.1 Å². The number of piperidine rings is 1. The van der Waals surface area contributed by atoms with Gasteiger partial charge >= 0.3 is 5.97 Å². The molecule has 37 heavy (non-hydrogen) atoms. The summed E-state index contributed by atoms with van der Waals surface area (Å²) in [4.78, 5) is 44.8. The van der Waals surface area contributed by atoms with E-state index in [0.29, 0.717) is 17.7 Å². The number of rotatable bonds is 10. The van der Waals surface area contributed by atoms with Crippen molar-refractivity contribution in [1.29, 1.82) is 0 Å². The molecule has 2 fully saturated rings. The van der Waals surface area contributed by atoms with E-state index in [2.05, 4.69) is 10.2 Å². The van der Waals surface area contributed by atoms with Gasteiger partial charge < -0.3 is 19.9 Å². The number of methoxy groups -OCH3 is 1. The molecule has 7 nitrogen and oxygen atoms in total. The maximum Gasteiger partial charge on any atom is 0.337 e. The van der Waals surface area contributed by atoms with Gasteiger partial charge in [-0.3, -0.25) is 9.59 Å². The minimum atomic E-state index is -0.758. The zero-order valence-corrected chi connectivity index (χ0v) is 22.6. The highest BCUT2D eigenvalue weighted by Crippen LogP contribution is 2.26. The summed E-state index contributed by atoms with van der Waals surface area (Å²) in [5.74, 6) is -0.623. The van der Waals surface area contributed by atoms with E-state index in [1.54, 1.807) is 40.5 Å². The Morgan fingerprint density at radius 2 is 1.73 bits per heavy atom. The van der Waals surface area contributed by atoms with E-state index in [-0.39, 0.29) is 24.3 Å². The first kappa shape index (κ1) is 27.3. The lowest BCUT2D eigenvalue weighted by atomic mass is 9.94. The van der Waals surface area contributed by atoms with E-state index in [9.17, 15) is 14.4 Å². The van der Waals surface area contributed by atoms with E-state index in [0.717, 1.165) is 50.2 Å². The molecule has 1 atom stereocenters. The normalized spacial score (nSPS) is 17.6. The molecule has 1 aromatic carbocycles. The molecule has 1 saturated carbocycles. The fraction of sp³-hybridized carbons (Fsp3) is 0.552. The van der Waals surface area contributed by atoms with Gasteiger partial charge in [0, 0.05) is 24.0 Å². The summed E-state index contributed by atoms with van der Waals surface area (Å²) in [5, 5.41) is 5.23. The molecule has 1 N–H and O–H groups in total. The van der Waals surface area contributed by atoms with Crippen LogP contribution in [0, 0.1) is 0 Å². The van der Waals surface area contributed by atoms with Gasteiger partial charge in [0.05, 0.1) is 19.1 Å². The molecular formula is C29H39N3O4S. The molecule has 200 valence electrons. The molecular weight excluding hydrogens is 486 g/mol. The van der Waals surface area contributed by atoms with Gasteiger partial charge in [-0.15, -0.1) is 11.3 Å². The molecule has 1 aliphatic carbocycles. The summed E-state index contributed by atoms with van der Waals surface area (Å²) in [7, 11) is 1.35. The minimum Gasteiger partial charge on any atom is -0.465 e. The largest absolute Gasteiger partial charge is 0.465 e. The molecule has 0 radical (unpaired) electrons. The van der Waals surface area contributed by atoms with Crippen LogP contribution in [0.2, 0.25) is 0 Å². The summed E-state index contributed by atoms with van der Waals surface area (Å²) in [6.45, 7) is 3.27. The molecule has 2 amide bonds. The number of thiophene rings is 1. The van der Waals surface area contributed by atoms with Gasteiger partial charge in [-0.2, -0.15) is 0 Å². The number of esters is 1. The molecule has 2 heterocycles. The predicted molar refractivity (Wildman–Crippen MR) is 146 cm³/mol. The van der Waals surface area contributed by atoms with E-state index in [4.69, 9.17) is 4.74 Å². The highest BCUT2D eigenvalue weighted by molar-refractivity contribution is 7.10. The van der Waals surface area contributed by atoms with E-state index in [1.165, 1.54) is 32.8 Å². The topological polar surface area (TPSA) is 79.0 Å². The maximum absolute atomic E-state index is 13.9. The lowest BCUT2D eigenvalue weighted by molar-refractivity contribution is -0.141. The number of likely N-dealkylation sites (tertiary alicyclic amines) is 1. The number of carbonyl (C=O) groups is 3. The number of ether oxygens (including phenoxy) is 1. The number of carbonyl (C=O) groups excluding carboxylic acids is 3. The van der Waals surface area contributed by atoms with Crippen LogP contribution in [-0.2, 0) is 20.7 Å². The van der Waals surface area contributed by atoms with Crippen LogP contribution in [0.1, 0.15) is 78.2 Å². The van der Waals surface area contributed by atoms with Crippen molar-refractivity contribution in [2.45, 2.75) is 69.9 Å². The van der Waals surface area contributed by atoms with Gasteiger partial charge in [0.1, 0.15) is 6.04 Å². The van der Waals surface area contributed by atoms with Crippen LogP contribution < -0.4 is 5.32 Å². The van der Waals surface area contributed by atoms with Gasteiger partial charge in [0.15, 0.2) is 0 Å². The first-order valence-electron chi connectivity index (χ1n) is 13.6. The van der Waals surface area contributed by atoms with Gasteiger partial charge in [-0.25, -0.2) is 4.79 Å². The second-order valence-electron chi connectivity index (χ2n) is 10.1. The van der Waals surface area contributed by atoms with Crippen molar-refractivity contribution in [2.24, 2.45) is 0 Å². The third-order valence-electron chi connectivity index (χ3n) is 7.49. The van der Waals surface area contributed by atoms with E-state index in [1.807, 2.05) is 17.5 Å². The van der Waals surface area contributed by atoms with E-state index < -0.39 is 12.0 Å². The quantitative estimate of drug-likeness (QED) is 0.460. The average molecular weight is 526 g/mol. The first-order chi connectivity index (χ1) is 18.0. The number of nitrogens with zero attached hydrogens (tertiary/aromatic N) is 2. The number of benzene rings is 1. The summed E-state index contributed by atoms with van der Waals surface area (Å²) in [5.41, 5.74) is 1.13. The van der Waals surface area contributed by atoms with Crippen molar-refractivity contribution >= 4 is 29.1 Å². The highest BCUT2D eigenvalue weighted by atomic mass is 32.1. The standard InChI is InChI=1S/C29H39N3O4S/c1-36-29(35)23-14-12-22(13-15-23)27(28(34)30-24-9-4-2-5-10-24)32(19-18-31-16-6-3-7-17-31)26(33)21-25-11-8-20-37-25/h8,11-15,20,24,27H,2-7,9-10,16-19,21H2,1H3,(H,30,34). The van der Waals surface area contributed by atoms with Crippen molar-refractivity contribution in [3.8, 4) is 0 Å². The van der Waals surface area contributed by atoms with Crippen LogP contribution in [0.4, 0.5) is 0 Å². The Hall–Kier alpha value is -2.71. The Morgan fingerprint density at radius 1 is 1.03 bits per heavy atom. The number of amides is 2.